The highest BCUT2D eigenvalue weighted by Crippen LogP contribution is 2.32. The Hall–Kier alpha value is -1.67. The molecule has 0 spiro atoms. The molecule has 0 fully saturated rings. The van der Waals surface area contributed by atoms with Gasteiger partial charge in [0.1, 0.15) is 5.01 Å². The number of thiazole rings is 1. The van der Waals surface area contributed by atoms with Crippen molar-refractivity contribution in [3.63, 3.8) is 0 Å². The quantitative estimate of drug-likeness (QED) is 0.601. The standard InChI is InChI=1S/C16H15NS/c1-10-4-6-13(7-5-10)16-17-15-12(3)8-11(2)9-14(15)18-16/h4-9H,1-3H3. The van der Waals surface area contributed by atoms with Gasteiger partial charge in [-0.05, 0) is 38.0 Å². The van der Waals surface area contributed by atoms with Crippen LogP contribution in [0, 0.1) is 20.8 Å². The minimum Gasteiger partial charge on any atom is -0.236 e. The van der Waals surface area contributed by atoms with Crippen molar-refractivity contribution in [1.29, 1.82) is 0 Å². The molecule has 0 N–H and O–H groups in total. The molecule has 0 amide bonds. The molecule has 2 aromatic carbocycles. The fraction of sp³-hybridized carbons (Fsp3) is 0.188. The lowest BCUT2D eigenvalue weighted by atomic mass is 10.1. The largest absolute Gasteiger partial charge is 0.236 e. The summed E-state index contributed by atoms with van der Waals surface area (Å²) in [4.78, 5) is 4.77. The SMILES string of the molecule is Cc1ccc(-c2nc3c(C)cc(C)cc3s2)cc1. The summed E-state index contributed by atoms with van der Waals surface area (Å²) in [5.41, 5.74) is 6.20. The van der Waals surface area contributed by atoms with Gasteiger partial charge in [0.15, 0.2) is 0 Å². The molecule has 0 aliphatic carbocycles. The van der Waals surface area contributed by atoms with E-state index < -0.39 is 0 Å². The van der Waals surface area contributed by atoms with E-state index in [0.29, 0.717) is 0 Å². The summed E-state index contributed by atoms with van der Waals surface area (Å²) >= 11 is 1.77. The molecule has 0 saturated carbocycles. The molecule has 3 rings (SSSR count). The van der Waals surface area contributed by atoms with Crippen LogP contribution in [0.25, 0.3) is 20.8 Å². The molecule has 0 bridgehead atoms. The Bertz CT molecular complexity index is 708. The molecule has 1 aromatic heterocycles. The van der Waals surface area contributed by atoms with E-state index in [1.807, 2.05) is 0 Å². The van der Waals surface area contributed by atoms with Crippen LogP contribution in [-0.2, 0) is 0 Å². The number of hydrogen-bond acceptors (Lipinski definition) is 2. The molecule has 1 nitrogen and oxygen atoms in total. The topological polar surface area (TPSA) is 12.9 Å². The Morgan fingerprint density at radius 3 is 2.33 bits per heavy atom. The van der Waals surface area contributed by atoms with Crippen molar-refractivity contribution < 1.29 is 0 Å². The molecule has 0 radical (unpaired) electrons. The molecule has 0 saturated heterocycles. The van der Waals surface area contributed by atoms with Crippen LogP contribution in [0.4, 0.5) is 0 Å². The van der Waals surface area contributed by atoms with E-state index in [2.05, 4.69) is 57.2 Å². The Labute approximate surface area is 111 Å². The molecule has 3 aromatic rings. The van der Waals surface area contributed by atoms with Gasteiger partial charge in [-0.15, -0.1) is 11.3 Å². The van der Waals surface area contributed by atoms with Crippen molar-refractivity contribution in [2.45, 2.75) is 20.8 Å². The van der Waals surface area contributed by atoms with Crippen LogP contribution < -0.4 is 0 Å². The zero-order valence-electron chi connectivity index (χ0n) is 10.8. The summed E-state index contributed by atoms with van der Waals surface area (Å²) < 4.78 is 1.28. The van der Waals surface area contributed by atoms with Gasteiger partial charge in [0, 0.05) is 5.56 Å². The number of benzene rings is 2. The highest BCUT2D eigenvalue weighted by Gasteiger charge is 2.08. The first-order valence-electron chi connectivity index (χ1n) is 6.08. The van der Waals surface area contributed by atoms with E-state index in [4.69, 9.17) is 4.98 Å². The van der Waals surface area contributed by atoms with E-state index in [-0.39, 0.29) is 0 Å². The summed E-state index contributed by atoms with van der Waals surface area (Å²) in [7, 11) is 0. The summed E-state index contributed by atoms with van der Waals surface area (Å²) in [6, 6.07) is 13.0. The third kappa shape index (κ3) is 1.93. The first kappa shape index (κ1) is 11.4. The number of aromatic nitrogens is 1. The van der Waals surface area contributed by atoms with Crippen LogP contribution in [0.15, 0.2) is 36.4 Å². The fourth-order valence-electron chi connectivity index (χ4n) is 2.19. The molecule has 0 unspecified atom stereocenters. The van der Waals surface area contributed by atoms with Gasteiger partial charge in [-0.1, -0.05) is 35.9 Å². The minimum absolute atomic E-state index is 1.11. The van der Waals surface area contributed by atoms with Gasteiger partial charge in [-0.2, -0.15) is 0 Å². The van der Waals surface area contributed by atoms with E-state index in [0.717, 1.165) is 10.5 Å². The van der Waals surface area contributed by atoms with Crippen LogP contribution in [0.5, 0.6) is 0 Å². The normalized spacial score (nSPS) is 11.1. The molecule has 0 aliphatic heterocycles. The summed E-state index contributed by atoms with van der Waals surface area (Å²) in [5, 5.41) is 1.11. The predicted molar refractivity (Wildman–Crippen MR) is 79.3 cm³/mol. The number of hydrogen-bond donors (Lipinski definition) is 0. The van der Waals surface area contributed by atoms with E-state index in [1.54, 1.807) is 11.3 Å². The van der Waals surface area contributed by atoms with E-state index in [9.17, 15) is 0 Å². The number of aryl methyl sites for hydroxylation is 3. The van der Waals surface area contributed by atoms with Crippen molar-refractivity contribution >= 4 is 21.6 Å². The lowest BCUT2D eigenvalue weighted by Gasteiger charge is -1.96. The van der Waals surface area contributed by atoms with Crippen LogP contribution in [0.2, 0.25) is 0 Å². The van der Waals surface area contributed by atoms with E-state index in [1.165, 1.54) is 27.0 Å². The van der Waals surface area contributed by atoms with Crippen molar-refractivity contribution in [3.8, 4) is 10.6 Å². The Kier molecular flexibility index (Phi) is 2.67. The zero-order valence-corrected chi connectivity index (χ0v) is 11.6. The van der Waals surface area contributed by atoms with Gasteiger partial charge < -0.3 is 0 Å². The first-order chi connectivity index (χ1) is 8.63. The smallest absolute Gasteiger partial charge is 0.124 e. The lowest BCUT2D eigenvalue weighted by molar-refractivity contribution is 1.38. The molecule has 2 heteroatoms. The van der Waals surface area contributed by atoms with Gasteiger partial charge in [0.25, 0.3) is 0 Å². The highest BCUT2D eigenvalue weighted by atomic mass is 32.1. The third-order valence-corrected chi connectivity index (χ3v) is 4.18. The maximum atomic E-state index is 4.77. The lowest BCUT2D eigenvalue weighted by Crippen LogP contribution is -1.80. The first-order valence-corrected chi connectivity index (χ1v) is 6.90. The summed E-state index contributed by atoms with van der Waals surface area (Å²) in [5.74, 6) is 0. The number of rotatable bonds is 1. The molecule has 1 heterocycles. The average molecular weight is 253 g/mol. The second-order valence-electron chi connectivity index (χ2n) is 4.81. The maximum absolute atomic E-state index is 4.77. The van der Waals surface area contributed by atoms with Crippen LogP contribution in [-0.4, -0.2) is 4.98 Å². The minimum atomic E-state index is 1.11. The molecular formula is C16H15NS. The molecular weight excluding hydrogens is 238 g/mol. The van der Waals surface area contributed by atoms with Gasteiger partial charge in [-0.3, -0.25) is 0 Å². The van der Waals surface area contributed by atoms with E-state index >= 15 is 0 Å². The van der Waals surface area contributed by atoms with Gasteiger partial charge >= 0.3 is 0 Å². The second-order valence-corrected chi connectivity index (χ2v) is 5.84. The van der Waals surface area contributed by atoms with Crippen molar-refractivity contribution in [3.05, 3.63) is 53.1 Å². The Morgan fingerprint density at radius 2 is 1.61 bits per heavy atom. The average Bonchev–Trinajstić information content (AvgIpc) is 2.74. The molecule has 0 aliphatic rings. The van der Waals surface area contributed by atoms with Crippen LogP contribution in [0.1, 0.15) is 16.7 Å². The Morgan fingerprint density at radius 1 is 0.889 bits per heavy atom. The summed E-state index contributed by atoms with van der Waals surface area (Å²) in [6.45, 7) is 6.38. The molecule has 0 atom stereocenters. The fourth-order valence-corrected chi connectivity index (χ4v) is 3.34. The van der Waals surface area contributed by atoms with Gasteiger partial charge in [0.05, 0.1) is 10.2 Å². The molecule has 18 heavy (non-hydrogen) atoms. The Balaban J connectivity index is 2.19. The second kappa shape index (κ2) is 4.21. The van der Waals surface area contributed by atoms with Crippen molar-refractivity contribution in [2.75, 3.05) is 0 Å². The van der Waals surface area contributed by atoms with Crippen LogP contribution >= 0.6 is 11.3 Å². The predicted octanol–water partition coefficient (Wildman–Crippen LogP) is 4.89. The van der Waals surface area contributed by atoms with Crippen molar-refractivity contribution in [1.82, 2.24) is 4.98 Å². The number of fused-ring (bicyclic) bond motifs is 1. The van der Waals surface area contributed by atoms with Gasteiger partial charge in [0.2, 0.25) is 0 Å². The van der Waals surface area contributed by atoms with Crippen LogP contribution in [0.3, 0.4) is 0 Å². The summed E-state index contributed by atoms with van der Waals surface area (Å²) in [6.07, 6.45) is 0. The van der Waals surface area contributed by atoms with Gasteiger partial charge in [-0.25, -0.2) is 4.98 Å². The number of nitrogens with zero attached hydrogens (tertiary/aromatic N) is 1. The maximum Gasteiger partial charge on any atom is 0.124 e. The monoisotopic (exact) mass is 253 g/mol. The third-order valence-electron chi connectivity index (χ3n) is 3.13. The zero-order chi connectivity index (χ0) is 12.7. The highest BCUT2D eigenvalue weighted by molar-refractivity contribution is 7.21. The van der Waals surface area contributed by atoms with Crippen molar-refractivity contribution in [2.24, 2.45) is 0 Å². The molecule has 90 valence electrons.